The first-order valence-electron chi connectivity index (χ1n) is 1.29. The molecule has 1 aliphatic rings. The van der Waals surface area contributed by atoms with Crippen LogP contribution in [0.1, 0.15) is 0 Å². The molecule has 0 saturated carbocycles. The minimum absolute atomic E-state index is 0.542. The Morgan fingerprint density at radius 1 is 1.60 bits per heavy atom. The third kappa shape index (κ3) is 0.289. The molecular formula is C2H2N3. The Bertz CT molecular complexity index is 63.0. The van der Waals surface area contributed by atoms with Crippen LogP contribution in [0, 0.1) is 0 Å². The van der Waals surface area contributed by atoms with Crippen molar-refractivity contribution < 1.29 is 0 Å². The molecule has 0 bridgehead atoms. The van der Waals surface area contributed by atoms with Gasteiger partial charge < -0.3 is 0 Å². The third-order valence-corrected chi connectivity index (χ3v) is 0.320. The van der Waals surface area contributed by atoms with Crippen molar-refractivity contribution in [2.75, 3.05) is 6.54 Å². The summed E-state index contributed by atoms with van der Waals surface area (Å²) >= 11 is 0. The third-order valence-electron chi connectivity index (χ3n) is 0.320. The largest absolute Gasteiger partial charge is 0.162 e. The van der Waals surface area contributed by atoms with Crippen molar-refractivity contribution in [3.05, 3.63) is 0 Å². The van der Waals surface area contributed by atoms with Gasteiger partial charge in [0.25, 0.3) is 0 Å². The average molecular weight is 68.1 g/mol. The number of nitrogens with zero attached hydrogens (tertiary/aromatic N) is 3. The molecule has 0 fully saturated rings. The van der Waals surface area contributed by atoms with Gasteiger partial charge in [-0.25, -0.2) is 0 Å². The van der Waals surface area contributed by atoms with Crippen molar-refractivity contribution >= 4 is 6.21 Å². The summed E-state index contributed by atoms with van der Waals surface area (Å²) in [6.45, 7) is 0.542. The number of hydrogen-bond acceptors (Lipinski definition) is 3. The highest BCUT2D eigenvalue weighted by molar-refractivity contribution is 5.60. The second kappa shape index (κ2) is 0.924. The van der Waals surface area contributed by atoms with Crippen molar-refractivity contribution in [1.82, 2.24) is 0 Å². The predicted molar refractivity (Wildman–Crippen MR) is 17.2 cm³/mol. The molecule has 0 aliphatic carbocycles. The molecule has 0 amide bonds. The van der Waals surface area contributed by atoms with E-state index < -0.39 is 0 Å². The Labute approximate surface area is 29.4 Å². The minimum Gasteiger partial charge on any atom is -0.162 e. The zero-order valence-electron chi connectivity index (χ0n) is 2.55. The fourth-order valence-electron chi connectivity index (χ4n) is 0.158. The lowest BCUT2D eigenvalue weighted by atomic mass is 10.8. The SMILES string of the molecule is [C]1=NN=NC1. The standard InChI is InChI=1S/C2H2N3/c1-2-4-5-3-1/h1H2. The normalized spacial score (nSPS) is 17.6. The molecule has 5 heavy (non-hydrogen) atoms. The summed E-state index contributed by atoms with van der Waals surface area (Å²) in [6, 6.07) is 0. The monoisotopic (exact) mass is 68.0 g/mol. The van der Waals surface area contributed by atoms with Crippen LogP contribution >= 0.6 is 0 Å². The molecule has 0 unspecified atom stereocenters. The first kappa shape index (κ1) is 2.50. The van der Waals surface area contributed by atoms with Crippen LogP contribution in [0.25, 0.3) is 0 Å². The Kier molecular flexibility index (Phi) is 0.463. The molecule has 1 aliphatic heterocycles. The van der Waals surface area contributed by atoms with Gasteiger partial charge in [-0.05, 0) is 5.22 Å². The number of rotatable bonds is 0. The summed E-state index contributed by atoms with van der Waals surface area (Å²) in [6.07, 6.45) is 2.51. The van der Waals surface area contributed by atoms with Crippen LogP contribution < -0.4 is 0 Å². The second-order valence-electron chi connectivity index (χ2n) is 0.647. The molecule has 0 aromatic heterocycles. The Morgan fingerprint density at radius 3 is 2.80 bits per heavy atom. The summed E-state index contributed by atoms with van der Waals surface area (Å²) in [5, 5.41) is 9.94. The van der Waals surface area contributed by atoms with E-state index in [4.69, 9.17) is 0 Å². The highest BCUT2D eigenvalue weighted by atomic mass is 15.4. The van der Waals surface area contributed by atoms with E-state index in [1.165, 1.54) is 0 Å². The lowest BCUT2D eigenvalue weighted by Crippen LogP contribution is -1.65. The zero-order chi connectivity index (χ0) is 3.54. The average Bonchev–Trinajstić information content (AvgIpc) is 1.76. The minimum atomic E-state index is 0.542. The van der Waals surface area contributed by atoms with E-state index in [1.807, 2.05) is 0 Å². The van der Waals surface area contributed by atoms with Gasteiger partial charge in [0.15, 0.2) is 0 Å². The second-order valence-corrected chi connectivity index (χ2v) is 0.647. The fraction of sp³-hybridized carbons (Fsp3) is 0.500. The topological polar surface area (TPSA) is 37.1 Å². The van der Waals surface area contributed by atoms with E-state index in [0.717, 1.165) is 0 Å². The van der Waals surface area contributed by atoms with Gasteiger partial charge in [-0.15, -0.1) is 5.10 Å². The van der Waals surface area contributed by atoms with Gasteiger partial charge in [0.1, 0.15) is 12.8 Å². The van der Waals surface area contributed by atoms with E-state index in [-0.39, 0.29) is 0 Å². The summed E-state index contributed by atoms with van der Waals surface area (Å²) in [5.41, 5.74) is 0. The lowest BCUT2D eigenvalue weighted by molar-refractivity contribution is 1.06. The van der Waals surface area contributed by atoms with E-state index in [2.05, 4.69) is 21.7 Å². The first-order chi connectivity index (χ1) is 2.50. The zero-order valence-corrected chi connectivity index (χ0v) is 2.55. The van der Waals surface area contributed by atoms with Gasteiger partial charge >= 0.3 is 0 Å². The van der Waals surface area contributed by atoms with Crippen molar-refractivity contribution in [3.8, 4) is 0 Å². The van der Waals surface area contributed by atoms with Gasteiger partial charge in [-0.2, -0.15) is 5.11 Å². The molecule has 1 heterocycles. The van der Waals surface area contributed by atoms with Gasteiger partial charge in [-0.3, -0.25) is 0 Å². The number of hydrogen-bond donors (Lipinski definition) is 0. The Hall–Kier alpha value is -0.730. The van der Waals surface area contributed by atoms with Crippen molar-refractivity contribution in [1.29, 1.82) is 0 Å². The molecule has 0 spiro atoms. The summed E-state index contributed by atoms with van der Waals surface area (Å²) in [5.74, 6) is 0. The van der Waals surface area contributed by atoms with Crippen LogP contribution in [0.2, 0.25) is 0 Å². The van der Waals surface area contributed by atoms with Crippen LogP contribution in [0.3, 0.4) is 0 Å². The molecule has 0 aromatic carbocycles. The van der Waals surface area contributed by atoms with Gasteiger partial charge in [-0.1, -0.05) is 0 Å². The van der Waals surface area contributed by atoms with E-state index in [0.29, 0.717) is 6.54 Å². The van der Waals surface area contributed by atoms with Crippen LogP contribution in [0.15, 0.2) is 15.4 Å². The molecule has 3 heteroatoms. The van der Waals surface area contributed by atoms with Crippen LogP contribution in [0.5, 0.6) is 0 Å². The van der Waals surface area contributed by atoms with Gasteiger partial charge in [0.2, 0.25) is 0 Å². The Balaban J connectivity index is 2.61. The van der Waals surface area contributed by atoms with E-state index in [1.54, 1.807) is 0 Å². The van der Waals surface area contributed by atoms with Gasteiger partial charge in [0, 0.05) is 0 Å². The van der Waals surface area contributed by atoms with Crippen LogP contribution in [0.4, 0.5) is 0 Å². The molecule has 0 atom stereocenters. The van der Waals surface area contributed by atoms with Crippen LogP contribution in [-0.2, 0) is 0 Å². The summed E-state index contributed by atoms with van der Waals surface area (Å²) in [7, 11) is 0. The quantitative estimate of drug-likeness (QED) is 0.392. The molecule has 3 nitrogen and oxygen atoms in total. The highest BCUT2D eigenvalue weighted by Crippen LogP contribution is 1.80. The smallest absolute Gasteiger partial charge is 0.114 e. The fourth-order valence-corrected chi connectivity index (χ4v) is 0.158. The van der Waals surface area contributed by atoms with E-state index >= 15 is 0 Å². The highest BCUT2D eigenvalue weighted by Gasteiger charge is 1.77. The molecule has 0 saturated heterocycles. The molecule has 1 rings (SSSR count). The molecular weight excluding hydrogens is 66.0 g/mol. The van der Waals surface area contributed by atoms with E-state index in [9.17, 15) is 0 Å². The van der Waals surface area contributed by atoms with Crippen LogP contribution in [-0.4, -0.2) is 12.8 Å². The maximum atomic E-state index is 3.43. The van der Waals surface area contributed by atoms with Crippen molar-refractivity contribution in [2.24, 2.45) is 15.4 Å². The van der Waals surface area contributed by atoms with Gasteiger partial charge in [0.05, 0.1) is 0 Å². The molecule has 0 N–H and O–H groups in total. The first-order valence-corrected chi connectivity index (χ1v) is 1.29. The van der Waals surface area contributed by atoms with Crippen molar-refractivity contribution in [3.63, 3.8) is 0 Å². The lowest BCUT2D eigenvalue weighted by Gasteiger charge is -1.51. The Morgan fingerprint density at radius 2 is 2.60 bits per heavy atom. The van der Waals surface area contributed by atoms with Crippen molar-refractivity contribution in [2.45, 2.75) is 0 Å². The molecule has 1 radical (unpaired) electrons. The summed E-state index contributed by atoms with van der Waals surface area (Å²) in [4.78, 5) is 0. The maximum Gasteiger partial charge on any atom is 0.114 e. The summed E-state index contributed by atoms with van der Waals surface area (Å²) < 4.78 is 0. The predicted octanol–water partition coefficient (Wildman–Crippen LogP) is 0.315. The molecule has 0 aromatic rings. The maximum absolute atomic E-state index is 3.43. The molecule has 25 valence electrons.